The molecule has 2 heteroatoms. The van der Waals surface area contributed by atoms with E-state index in [4.69, 9.17) is 0 Å². The number of hydrogen-bond acceptors (Lipinski definition) is 2. The summed E-state index contributed by atoms with van der Waals surface area (Å²) in [4.78, 5) is 2.66. The van der Waals surface area contributed by atoms with Gasteiger partial charge < -0.3 is 5.32 Å². The van der Waals surface area contributed by atoms with E-state index in [-0.39, 0.29) is 0 Å². The van der Waals surface area contributed by atoms with E-state index in [9.17, 15) is 0 Å². The van der Waals surface area contributed by atoms with Crippen LogP contribution in [0.5, 0.6) is 0 Å². The lowest BCUT2D eigenvalue weighted by atomic mass is 10.1. The molecule has 0 bridgehead atoms. The zero-order chi connectivity index (χ0) is 11.4. The lowest BCUT2D eigenvalue weighted by Gasteiger charge is -2.33. The number of nitrogens with one attached hydrogen (secondary N) is 1. The zero-order valence-electron chi connectivity index (χ0n) is 11.0. The third kappa shape index (κ3) is 3.46. The maximum atomic E-state index is 3.79. The van der Waals surface area contributed by atoms with Crippen molar-refractivity contribution in [2.45, 2.75) is 64.5 Å². The molecule has 2 aliphatic rings. The molecule has 1 N–H and O–H groups in total. The molecule has 0 aromatic rings. The van der Waals surface area contributed by atoms with E-state index in [1.54, 1.807) is 0 Å². The normalized spacial score (nSPS) is 26.6. The van der Waals surface area contributed by atoms with Crippen molar-refractivity contribution in [2.24, 2.45) is 5.92 Å². The number of piperidine rings is 1. The zero-order valence-corrected chi connectivity index (χ0v) is 11.0. The summed E-state index contributed by atoms with van der Waals surface area (Å²) in [5.74, 6) is 0.999. The summed E-state index contributed by atoms with van der Waals surface area (Å²) in [7, 11) is 0. The van der Waals surface area contributed by atoms with Crippen LogP contribution < -0.4 is 5.32 Å². The highest BCUT2D eigenvalue weighted by Gasteiger charge is 2.30. The second-order valence-corrected chi connectivity index (χ2v) is 5.71. The molecular weight excluding hydrogens is 196 g/mol. The molecule has 0 radical (unpaired) electrons. The first-order valence-electron chi connectivity index (χ1n) is 7.28. The van der Waals surface area contributed by atoms with Gasteiger partial charge in [-0.05, 0) is 58.0 Å². The van der Waals surface area contributed by atoms with Crippen LogP contribution in [0.25, 0.3) is 0 Å². The number of likely N-dealkylation sites (tertiary alicyclic amines) is 1. The molecule has 1 saturated carbocycles. The van der Waals surface area contributed by atoms with Gasteiger partial charge in [-0.25, -0.2) is 0 Å². The Morgan fingerprint density at radius 2 is 1.88 bits per heavy atom. The van der Waals surface area contributed by atoms with Crippen molar-refractivity contribution >= 4 is 0 Å². The molecule has 1 saturated heterocycles. The predicted octanol–water partition coefficient (Wildman–Crippen LogP) is 2.64. The molecule has 2 fully saturated rings. The Bertz CT molecular complexity index is 195. The van der Waals surface area contributed by atoms with Gasteiger partial charge in [-0.1, -0.05) is 13.3 Å². The second-order valence-electron chi connectivity index (χ2n) is 5.71. The Morgan fingerprint density at radius 3 is 2.44 bits per heavy atom. The van der Waals surface area contributed by atoms with Crippen LogP contribution in [0.3, 0.4) is 0 Å². The smallest absolute Gasteiger partial charge is 0.0192 e. The van der Waals surface area contributed by atoms with Gasteiger partial charge in [-0.15, -0.1) is 0 Å². The van der Waals surface area contributed by atoms with Gasteiger partial charge in [-0.2, -0.15) is 0 Å². The molecular formula is C14H28N2. The Labute approximate surface area is 101 Å². The molecule has 0 spiro atoms. The van der Waals surface area contributed by atoms with E-state index in [2.05, 4.69) is 24.1 Å². The summed E-state index contributed by atoms with van der Waals surface area (Å²) < 4.78 is 0. The maximum Gasteiger partial charge on any atom is 0.0192 e. The van der Waals surface area contributed by atoms with E-state index >= 15 is 0 Å². The summed E-state index contributed by atoms with van der Waals surface area (Å²) >= 11 is 0. The van der Waals surface area contributed by atoms with Gasteiger partial charge in [-0.3, -0.25) is 4.90 Å². The topological polar surface area (TPSA) is 15.3 Å². The Kier molecular flexibility index (Phi) is 4.66. The third-order valence-electron chi connectivity index (χ3n) is 4.32. The molecule has 0 aromatic carbocycles. The van der Waals surface area contributed by atoms with Crippen LogP contribution >= 0.6 is 0 Å². The highest BCUT2D eigenvalue weighted by Crippen LogP contribution is 2.33. The molecule has 94 valence electrons. The van der Waals surface area contributed by atoms with Crippen molar-refractivity contribution in [3.63, 3.8) is 0 Å². The fraction of sp³-hybridized carbons (Fsp3) is 1.00. The molecule has 2 rings (SSSR count). The van der Waals surface area contributed by atoms with Gasteiger partial charge in [0.25, 0.3) is 0 Å². The van der Waals surface area contributed by atoms with Crippen LogP contribution in [0.2, 0.25) is 0 Å². The van der Waals surface area contributed by atoms with Crippen molar-refractivity contribution in [1.82, 2.24) is 10.2 Å². The van der Waals surface area contributed by atoms with Crippen LogP contribution in [0.15, 0.2) is 0 Å². The highest BCUT2D eigenvalue weighted by molar-refractivity contribution is 4.86. The summed E-state index contributed by atoms with van der Waals surface area (Å²) in [6.45, 7) is 8.54. The van der Waals surface area contributed by atoms with E-state index in [0.717, 1.165) is 18.0 Å². The fourth-order valence-corrected chi connectivity index (χ4v) is 2.95. The Balaban J connectivity index is 1.67. The summed E-state index contributed by atoms with van der Waals surface area (Å²) in [6, 6.07) is 1.53. The van der Waals surface area contributed by atoms with Crippen LogP contribution in [-0.2, 0) is 0 Å². The predicted molar refractivity (Wildman–Crippen MR) is 69.7 cm³/mol. The average Bonchev–Trinajstić information content (AvgIpc) is 3.15. The van der Waals surface area contributed by atoms with Crippen LogP contribution in [-0.4, -0.2) is 36.6 Å². The molecule has 0 aromatic heterocycles. The minimum absolute atomic E-state index is 0.730. The monoisotopic (exact) mass is 224 g/mol. The van der Waals surface area contributed by atoms with Crippen molar-refractivity contribution in [3.05, 3.63) is 0 Å². The van der Waals surface area contributed by atoms with Gasteiger partial charge in [0.1, 0.15) is 0 Å². The third-order valence-corrected chi connectivity index (χ3v) is 4.32. The number of nitrogens with zero attached hydrogens (tertiary/aromatic N) is 1. The molecule has 2 atom stereocenters. The maximum absolute atomic E-state index is 3.79. The lowest BCUT2D eigenvalue weighted by Crippen LogP contribution is -2.45. The van der Waals surface area contributed by atoms with Gasteiger partial charge >= 0.3 is 0 Å². The second kappa shape index (κ2) is 6.02. The van der Waals surface area contributed by atoms with Gasteiger partial charge in [0.05, 0.1) is 0 Å². The average molecular weight is 224 g/mol. The number of hydrogen-bond donors (Lipinski definition) is 1. The molecule has 2 nitrogen and oxygen atoms in total. The first kappa shape index (κ1) is 12.4. The van der Waals surface area contributed by atoms with E-state index < -0.39 is 0 Å². The molecule has 1 aliphatic carbocycles. The van der Waals surface area contributed by atoms with Crippen LogP contribution in [0, 0.1) is 5.92 Å². The standard InChI is InChI=1S/C14H28N2/c1-3-14(13-7-8-13)15-11-12(2)16-9-5-4-6-10-16/h12-15H,3-11H2,1-2H3. The van der Waals surface area contributed by atoms with Gasteiger partial charge in [0.15, 0.2) is 0 Å². The fourth-order valence-electron chi connectivity index (χ4n) is 2.95. The minimum atomic E-state index is 0.730. The SMILES string of the molecule is CCC(NCC(C)N1CCCCC1)C1CC1. The van der Waals surface area contributed by atoms with Crippen molar-refractivity contribution in [1.29, 1.82) is 0 Å². The number of rotatable bonds is 6. The van der Waals surface area contributed by atoms with Gasteiger partial charge in [0.2, 0.25) is 0 Å². The molecule has 0 amide bonds. The van der Waals surface area contributed by atoms with Crippen molar-refractivity contribution in [2.75, 3.05) is 19.6 Å². The lowest BCUT2D eigenvalue weighted by molar-refractivity contribution is 0.166. The molecule has 2 unspecified atom stereocenters. The largest absolute Gasteiger partial charge is 0.312 e. The van der Waals surface area contributed by atoms with Crippen molar-refractivity contribution in [3.8, 4) is 0 Å². The van der Waals surface area contributed by atoms with Gasteiger partial charge in [0, 0.05) is 18.6 Å². The summed E-state index contributed by atoms with van der Waals surface area (Å²) in [5.41, 5.74) is 0. The molecule has 1 heterocycles. The summed E-state index contributed by atoms with van der Waals surface area (Å²) in [5, 5.41) is 3.79. The van der Waals surface area contributed by atoms with E-state index in [1.807, 2.05) is 0 Å². The van der Waals surface area contributed by atoms with Crippen molar-refractivity contribution < 1.29 is 0 Å². The first-order valence-corrected chi connectivity index (χ1v) is 7.28. The Morgan fingerprint density at radius 1 is 1.19 bits per heavy atom. The Hall–Kier alpha value is -0.0800. The first-order chi connectivity index (χ1) is 7.81. The van der Waals surface area contributed by atoms with E-state index in [0.29, 0.717) is 0 Å². The molecule has 1 aliphatic heterocycles. The van der Waals surface area contributed by atoms with Crippen LogP contribution in [0.1, 0.15) is 52.4 Å². The highest BCUT2D eigenvalue weighted by atomic mass is 15.2. The minimum Gasteiger partial charge on any atom is -0.312 e. The summed E-state index contributed by atoms with van der Waals surface area (Å²) in [6.07, 6.45) is 8.48. The molecule has 16 heavy (non-hydrogen) atoms. The van der Waals surface area contributed by atoms with Crippen LogP contribution in [0.4, 0.5) is 0 Å². The van der Waals surface area contributed by atoms with E-state index in [1.165, 1.54) is 58.2 Å². The quantitative estimate of drug-likeness (QED) is 0.746.